The largest absolute Gasteiger partial charge is 0.492 e. The Bertz CT molecular complexity index is 662. The van der Waals surface area contributed by atoms with Crippen LogP contribution >= 0.6 is 0 Å². The summed E-state index contributed by atoms with van der Waals surface area (Å²) >= 11 is 0. The van der Waals surface area contributed by atoms with Crippen LogP contribution in [0.5, 0.6) is 5.75 Å². The molecule has 21 heavy (non-hydrogen) atoms. The predicted octanol–water partition coefficient (Wildman–Crippen LogP) is 2.79. The molecule has 2 heterocycles. The first-order valence-electron chi connectivity index (χ1n) is 7.10. The molecule has 6 heteroatoms. The lowest BCUT2D eigenvalue weighted by molar-refractivity contribution is 0.0692. The van der Waals surface area contributed by atoms with Crippen molar-refractivity contribution in [2.75, 3.05) is 6.61 Å². The smallest absolute Gasteiger partial charge is 0.341 e. The van der Waals surface area contributed by atoms with Gasteiger partial charge < -0.3 is 9.84 Å². The highest BCUT2D eigenvalue weighted by atomic mass is 16.5. The number of aromatic carboxylic acids is 1. The molecular formula is C15H21N3O3. The summed E-state index contributed by atoms with van der Waals surface area (Å²) in [5.41, 5.74) is 1.45. The van der Waals surface area contributed by atoms with Crippen molar-refractivity contribution in [3.05, 3.63) is 17.5 Å². The molecule has 0 bridgehead atoms. The van der Waals surface area contributed by atoms with E-state index in [-0.39, 0.29) is 5.56 Å². The number of carboxylic acids is 1. The van der Waals surface area contributed by atoms with Crippen LogP contribution in [0, 0.1) is 12.8 Å². The predicted molar refractivity (Wildman–Crippen MR) is 79.8 cm³/mol. The van der Waals surface area contributed by atoms with Gasteiger partial charge in [-0.1, -0.05) is 13.8 Å². The molecule has 0 aliphatic rings. The van der Waals surface area contributed by atoms with Crippen molar-refractivity contribution in [2.45, 2.75) is 33.6 Å². The van der Waals surface area contributed by atoms with Gasteiger partial charge in [-0.25, -0.2) is 9.78 Å². The highest BCUT2D eigenvalue weighted by Crippen LogP contribution is 2.31. The van der Waals surface area contributed by atoms with Crippen molar-refractivity contribution in [1.29, 1.82) is 0 Å². The van der Waals surface area contributed by atoms with Crippen molar-refractivity contribution in [1.82, 2.24) is 14.8 Å². The lowest BCUT2D eigenvalue weighted by Gasteiger charge is -2.11. The first kappa shape index (κ1) is 15.3. The maximum Gasteiger partial charge on any atom is 0.341 e. The molecule has 6 nitrogen and oxygen atoms in total. The minimum absolute atomic E-state index is 0.0862. The van der Waals surface area contributed by atoms with E-state index in [0.717, 1.165) is 18.5 Å². The number of hydrogen-bond donors (Lipinski definition) is 1. The number of carboxylic acid groups (broad SMARTS) is 1. The van der Waals surface area contributed by atoms with Crippen LogP contribution in [0.25, 0.3) is 11.0 Å². The Labute approximate surface area is 123 Å². The fourth-order valence-electron chi connectivity index (χ4n) is 2.35. The van der Waals surface area contributed by atoms with Gasteiger partial charge in [-0.3, -0.25) is 4.68 Å². The Kier molecular flexibility index (Phi) is 4.45. The number of ether oxygens (including phenoxy) is 1. The van der Waals surface area contributed by atoms with E-state index in [1.54, 1.807) is 11.7 Å². The maximum absolute atomic E-state index is 11.4. The third-order valence-corrected chi connectivity index (χ3v) is 3.38. The van der Waals surface area contributed by atoms with Gasteiger partial charge in [-0.2, -0.15) is 5.10 Å². The minimum atomic E-state index is -1.04. The summed E-state index contributed by atoms with van der Waals surface area (Å²) in [6.45, 7) is 6.62. The molecule has 0 saturated heterocycles. The molecule has 0 saturated carbocycles. The fraction of sp³-hybridized carbons (Fsp3) is 0.533. The summed E-state index contributed by atoms with van der Waals surface area (Å²) in [7, 11) is 1.78. The van der Waals surface area contributed by atoms with Gasteiger partial charge in [0.15, 0.2) is 5.65 Å². The third kappa shape index (κ3) is 3.15. The van der Waals surface area contributed by atoms with E-state index in [9.17, 15) is 9.90 Å². The Morgan fingerprint density at radius 3 is 2.81 bits per heavy atom. The Morgan fingerprint density at radius 2 is 2.19 bits per heavy atom. The number of hydrogen-bond acceptors (Lipinski definition) is 4. The second-order valence-electron chi connectivity index (χ2n) is 5.60. The molecule has 0 spiro atoms. The van der Waals surface area contributed by atoms with Gasteiger partial charge in [0.05, 0.1) is 17.7 Å². The summed E-state index contributed by atoms with van der Waals surface area (Å²) in [5, 5.41) is 14.3. The zero-order valence-electron chi connectivity index (χ0n) is 12.9. The van der Waals surface area contributed by atoms with Crippen LogP contribution in [0.4, 0.5) is 0 Å². The molecule has 0 aromatic carbocycles. The zero-order chi connectivity index (χ0) is 15.6. The van der Waals surface area contributed by atoms with Gasteiger partial charge in [0.2, 0.25) is 0 Å². The van der Waals surface area contributed by atoms with Crippen LogP contribution in [0.2, 0.25) is 0 Å². The number of aryl methyl sites for hydroxylation is 2. The monoisotopic (exact) mass is 291 g/mol. The first-order valence-corrected chi connectivity index (χ1v) is 7.10. The summed E-state index contributed by atoms with van der Waals surface area (Å²) in [6, 6.07) is 0. The highest BCUT2D eigenvalue weighted by molar-refractivity contribution is 5.98. The highest BCUT2D eigenvalue weighted by Gasteiger charge is 2.20. The molecule has 0 aliphatic carbocycles. The molecule has 0 fully saturated rings. The van der Waals surface area contributed by atoms with Gasteiger partial charge in [-0.15, -0.1) is 0 Å². The van der Waals surface area contributed by atoms with E-state index in [2.05, 4.69) is 23.9 Å². The number of fused-ring (bicyclic) bond motifs is 1. The lowest BCUT2D eigenvalue weighted by atomic mass is 10.1. The third-order valence-electron chi connectivity index (χ3n) is 3.38. The fourth-order valence-corrected chi connectivity index (χ4v) is 2.35. The zero-order valence-corrected chi connectivity index (χ0v) is 12.9. The normalized spacial score (nSPS) is 11.3. The Balaban J connectivity index is 2.37. The minimum Gasteiger partial charge on any atom is -0.492 e. The van der Waals surface area contributed by atoms with Crippen LogP contribution < -0.4 is 4.74 Å². The van der Waals surface area contributed by atoms with Crippen molar-refractivity contribution >= 4 is 17.0 Å². The lowest BCUT2D eigenvalue weighted by Crippen LogP contribution is -2.07. The summed E-state index contributed by atoms with van der Waals surface area (Å²) in [4.78, 5) is 15.6. The number of pyridine rings is 1. The molecule has 2 aromatic heterocycles. The molecule has 2 aromatic rings. The first-order chi connectivity index (χ1) is 9.91. The van der Waals surface area contributed by atoms with Gasteiger partial charge in [-0.05, 0) is 25.7 Å². The van der Waals surface area contributed by atoms with Gasteiger partial charge >= 0.3 is 5.97 Å². The van der Waals surface area contributed by atoms with Crippen molar-refractivity contribution in [2.24, 2.45) is 13.0 Å². The molecule has 114 valence electrons. The Morgan fingerprint density at radius 1 is 1.48 bits per heavy atom. The van der Waals surface area contributed by atoms with E-state index in [1.807, 2.05) is 6.92 Å². The van der Waals surface area contributed by atoms with Gasteiger partial charge in [0, 0.05) is 13.2 Å². The quantitative estimate of drug-likeness (QED) is 0.828. The standard InChI is InChI=1S/C15H21N3O3/c1-9(2)6-5-7-21-13-11(15(19)20)8-16-14-12(13)10(3)17-18(14)4/h8-9H,5-7H2,1-4H3,(H,19,20). The van der Waals surface area contributed by atoms with E-state index >= 15 is 0 Å². The van der Waals surface area contributed by atoms with Crippen molar-refractivity contribution in [3.63, 3.8) is 0 Å². The van der Waals surface area contributed by atoms with Gasteiger partial charge in [0.1, 0.15) is 11.3 Å². The van der Waals surface area contributed by atoms with E-state index in [1.165, 1.54) is 6.20 Å². The van der Waals surface area contributed by atoms with Crippen LogP contribution in [0.3, 0.4) is 0 Å². The number of rotatable bonds is 6. The van der Waals surface area contributed by atoms with Crippen molar-refractivity contribution in [3.8, 4) is 5.75 Å². The molecule has 0 atom stereocenters. The molecule has 2 rings (SSSR count). The molecule has 0 radical (unpaired) electrons. The number of nitrogens with zero attached hydrogens (tertiary/aromatic N) is 3. The molecule has 0 amide bonds. The second kappa shape index (κ2) is 6.11. The van der Waals surface area contributed by atoms with Crippen LogP contribution in [0.15, 0.2) is 6.20 Å². The topological polar surface area (TPSA) is 77.2 Å². The van der Waals surface area contributed by atoms with E-state index in [4.69, 9.17) is 4.74 Å². The SMILES string of the molecule is Cc1nn(C)c2ncc(C(=O)O)c(OCCCC(C)C)c12. The summed E-state index contributed by atoms with van der Waals surface area (Å²) in [6.07, 6.45) is 3.27. The van der Waals surface area contributed by atoms with Crippen molar-refractivity contribution < 1.29 is 14.6 Å². The maximum atomic E-state index is 11.4. The number of carbonyl (C=O) groups is 1. The number of aromatic nitrogens is 3. The van der Waals surface area contributed by atoms with E-state index < -0.39 is 5.97 Å². The molecule has 1 N–H and O–H groups in total. The molecule has 0 unspecified atom stereocenters. The molecular weight excluding hydrogens is 270 g/mol. The average molecular weight is 291 g/mol. The summed E-state index contributed by atoms with van der Waals surface area (Å²) < 4.78 is 7.42. The van der Waals surface area contributed by atoms with E-state index in [0.29, 0.717) is 29.3 Å². The van der Waals surface area contributed by atoms with Gasteiger partial charge in [0.25, 0.3) is 0 Å². The van der Waals surface area contributed by atoms with Crippen LogP contribution in [0.1, 0.15) is 42.7 Å². The average Bonchev–Trinajstić information content (AvgIpc) is 2.69. The molecule has 0 aliphatic heterocycles. The second-order valence-corrected chi connectivity index (χ2v) is 5.60. The Hall–Kier alpha value is -2.11. The van der Waals surface area contributed by atoms with Crippen LogP contribution in [-0.2, 0) is 7.05 Å². The summed E-state index contributed by atoms with van der Waals surface area (Å²) in [5.74, 6) is -0.0569. The van der Waals surface area contributed by atoms with Crippen LogP contribution in [-0.4, -0.2) is 32.4 Å².